The fourth-order valence-electron chi connectivity index (χ4n) is 1.43. The second-order valence-electron chi connectivity index (χ2n) is 4.37. The van der Waals surface area contributed by atoms with E-state index in [1.54, 1.807) is 12.1 Å². The van der Waals surface area contributed by atoms with Gasteiger partial charge in [-0.05, 0) is 18.1 Å². The lowest BCUT2D eigenvalue weighted by Gasteiger charge is -2.09. The standard InChI is InChI=1S/C13H18N2O3/c1-3-9(2)6-12(16)15-11-5-4-10(14-8-11)7-13(17)18/h4-5,8-9H,3,6-7H2,1-2H3,(H,15,16)(H,17,18). The summed E-state index contributed by atoms with van der Waals surface area (Å²) in [7, 11) is 0. The molecular weight excluding hydrogens is 232 g/mol. The van der Waals surface area contributed by atoms with Crippen molar-refractivity contribution in [3.8, 4) is 0 Å². The van der Waals surface area contributed by atoms with E-state index in [0.29, 0.717) is 23.7 Å². The third kappa shape index (κ3) is 4.95. The first-order chi connectivity index (χ1) is 8.51. The summed E-state index contributed by atoms with van der Waals surface area (Å²) in [5, 5.41) is 11.3. The largest absolute Gasteiger partial charge is 0.481 e. The Balaban J connectivity index is 2.53. The predicted octanol–water partition coefficient (Wildman–Crippen LogP) is 2.08. The molecule has 1 atom stereocenters. The molecule has 1 rings (SSSR count). The number of aromatic nitrogens is 1. The number of rotatable bonds is 6. The summed E-state index contributed by atoms with van der Waals surface area (Å²) in [6, 6.07) is 3.27. The van der Waals surface area contributed by atoms with Gasteiger partial charge in [-0.3, -0.25) is 14.6 Å². The lowest BCUT2D eigenvalue weighted by molar-refractivity contribution is -0.136. The molecule has 5 heteroatoms. The maximum absolute atomic E-state index is 11.6. The monoisotopic (exact) mass is 250 g/mol. The first-order valence-corrected chi connectivity index (χ1v) is 5.97. The van der Waals surface area contributed by atoms with E-state index in [-0.39, 0.29) is 12.3 Å². The van der Waals surface area contributed by atoms with Gasteiger partial charge in [0.15, 0.2) is 0 Å². The van der Waals surface area contributed by atoms with Crippen LogP contribution in [0.4, 0.5) is 5.69 Å². The van der Waals surface area contributed by atoms with Gasteiger partial charge in [-0.1, -0.05) is 20.3 Å². The Morgan fingerprint density at radius 3 is 2.67 bits per heavy atom. The first kappa shape index (κ1) is 14.2. The fourth-order valence-corrected chi connectivity index (χ4v) is 1.43. The molecule has 98 valence electrons. The minimum absolute atomic E-state index is 0.0443. The van der Waals surface area contributed by atoms with Crippen molar-refractivity contribution in [3.63, 3.8) is 0 Å². The van der Waals surface area contributed by atoms with Crippen LogP contribution < -0.4 is 5.32 Å². The van der Waals surface area contributed by atoms with Crippen molar-refractivity contribution in [1.82, 2.24) is 4.98 Å². The second kappa shape index (κ2) is 6.74. The minimum atomic E-state index is -0.920. The summed E-state index contributed by atoms with van der Waals surface area (Å²) < 4.78 is 0. The molecule has 1 unspecified atom stereocenters. The number of amides is 1. The molecule has 1 heterocycles. The zero-order valence-electron chi connectivity index (χ0n) is 10.6. The number of carbonyl (C=O) groups excluding carboxylic acids is 1. The van der Waals surface area contributed by atoms with Crippen LogP contribution in [-0.4, -0.2) is 22.0 Å². The van der Waals surface area contributed by atoms with Gasteiger partial charge in [0.1, 0.15) is 0 Å². The molecular formula is C13H18N2O3. The molecule has 0 aliphatic rings. The van der Waals surface area contributed by atoms with Gasteiger partial charge in [-0.15, -0.1) is 0 Å². The van der Waals surface area contributed by atoms with Crippen molar-refractivity contribution in [2.45, 2.75) is 33.1 Å². The number of anilines is 1. The topological polar surface area (TPSA) is 79.3 Å². The van der Waals surface area contributed by atoms with Gasteiger partial charge in [-0.2, -0.15) is 0 Å². The fraction of sp³-hybridized carbons (Fsp3) is 0.462. The maximum atomic E-state index is 11.6. The highest BCUT2D eigenvalue weighted by atomic mass is 16.4. The van der Waals surface area contributed by atoms with Crippen molar-refractivity contribution in [2.75, 3.05) is 5.32 Å². The zero-order valence-corrected chi connectivity index (χ0v) is 10.6. The third-order valence-corrected chi connectivity index (χ3v) is 2.67. The van der Waals surface area contributed by atoms with E-state index < -0.39 is 5.97 Å². The van der Waals surface area contributed by atoms with Gasteiger partial charge >= 0.3 is 5.97 Å². The van der Waals surface area contributed by atoms with Crippen LogP contribution in [0, 0.1) is 5.92 Å². The normalized spacial score (nSPS) is 11.9. The summed E-state index contributed by atoms with van der Waals surface area (Å²) in [6.07, 6.45) is 2.81. The van der Waals surface area contributed by atoms with E-state index in [2.05, 4.69) is 10.3 Å². The van der Waals surface area contributed by atoms with Crippen molar-refractivity contribution >= 4 is 17.6 Å². The molecule has 1 amide bonds. The van der Waals surface area contributed by atoms with Gasteiger partial charge in [0, 0.05) is 6.42 Å². The summed E-state index contributed by atoms with van der Waals surface area (Å²) in [6.45, 7) is 4.06. The number of carboxylic acid groups (broad SMARTS) is 1. The number of nitrogens with zero attached hydrogens (tertiary/aromatic N) is 1. The Morgan fingerprint density at radius 2 is 2.17 bits per heavy atom. The van der Waals surface area contributed by atoms with Gasteiger partial charge in [0.05, 0.1) is 24.0 Å². The summed E-state index contributed by atoms with van der Waals surface area (Å²) >= 11 is 0. The van der Waals surface area contributed by atoms with Crippen molar-refractivity contribution in [2.24, 2.45) is 5.92 Å². The molecule has 0 saturated carbocycles. The van der Waals surface area contributed by atoms with E-state index in [1.165, 1.54) is 6.20 Å². The SMILES string of the molecule is CCC(C)CC(=O)Nc1ccc(CC(=O)O)nc1. The molecule has 0 bridgehead atoms. The van der Waals surface area contributed by atoms with E-state index in [1.807, 2.05) is 13.8 Å². The molecule has 0 aliphatic carbocycles. The van der Waals surface area contributed by atoms with Crippen molar-refractivity contribution < 1.29 is 14.7 Å². The summed E-state index contributed by atoms with van der Waals surface area (Å²) in [4.78, 5) is 26.1. The Kier molecular flexibility index (Phi) is 5.30. The van der Waals surface area contributed by atoms with Crippen LogP contribution >= 0.6 is 0 Å². The van der Waals surface area contributed by atoms with Gasteiger partial charge < -0.3 is 10.4 Å². The lowest BCUT2D eigenvalue weighted by atomic mass is 10.1. The highest BCUT2D eigenvalue weighted by Crippen LogP contribution is 2.11. The molecule has 18 heavy (non-hydrogen) atoms. The van der Waals surface area contributed by atoms with Crippen LogP contribution in [0.25, 0.3) is 0 Å². The Labute approximate surface area is 106 Å². The number of carbonyl (C=O) groups is 2. The van der Waals surface area contributed by atoms with Crippen LogP contribution in [0.5, 0.6) is 0 Å². The molecule has 0 fully saturated rings. The Bertz CT molecular complexity index is 415. The molecule has 0 aromatic carbocycles. The van der Waals surface area contributed by atoms with E-state index in [0.717, 1.165) is 6.42 Å². The maximum Gasteiger partial charge on any atom is 0.309 e. The molecule has 2 N–H and O–H groups in total. The van der Waals surface area contributed by atoms with E-state index in [9.17, 15) is 9.59 Å². The number of carboxylic acids is 1. The third-order valence-electron chi connectivity index (χ3n) is 2.67. The summed E-state index contributed by atoms with van der Waals surface area (Å²) in [5.41, 5.74) is 1.07. The Morgan fingerprint density at radius 1 is 1.44 bits per heavy atom. The number of hydrogen-bond donors (Lipinski definition) is 2. The van der Waals surface area contributed by atoms with Gasteiger partial charge in [0.25, 0.3) is 0 Å². The van der Waals surface area contributed by atoms with Gasteiger partial charge in [-0.25, -0.2) is 0 Å². The number of nitrogens with one attached hydrogen (secondary N) is 1. The quantitative estimate of drug-likeness (QED) is 0.810. The smallest absolute Gasteiger partial charge is 0.309 e. The molecule has 5 nitrogen and oxygen atoms in total. The molecule has 0 spiro atoms. The van der Waals surface area contributed by atoms with Crippen LogP contribution in [0.2, 0.25) is 0 Å². The van der Waals surface area contributed by atoms with Crippen LogP contribution in [-0.2, 0) is 16.0 Å². The first-order valence-electron chi connectivity index (χ1n) is 5.97. The molecule has 1 aromatic heterocycles. The van der Waals surface area contributed by atoms with E-state index in [4.69, 9.17) is 5.11 Å². The van der Waals surface area contributed by atoms with Crippen molar-refractivity contribution in [3.05, 3.63) is 24.0 Å². The average molecular weight is 250 g/mol. The Hall–Kier alpha value is -1.91. The number of pyridine rings is 1. The predicted molar refractivity (Wildman–Crippen MR) is 68.3 cm³/mol. The summed E-state index contributed by atoms with van der Waals surface area (Å²) in [5.74, 6) is -0.613. The van der Waals surface area contributed by atoms with Crippen LogP contribution in [0.1, 0.15) is 32.4 Å². The molecule has 0 aliphatic heterocycles. The number of hydrogen-bond acceptors (Lipinski definition) is 3. The highest BCUT2D eigenvalue weighted by Gasteiger charge is 2.08. The molecule has 1 aromatic rings. The highest BCUT2D eigenvalue weighted by molar-refractivity contribution is 5.90. The van der Waals surface area contributed by atoms with Crippen LogP contribution in [0.3, 0.4) is 0 Å². The lowest BCUT2D eigenvalue weighted by Crippen LogP contribution is -2.15. The second-order valence-corrected chi connectivity index (χ2v) is 4.37. The minimum Gasteiger partial charge on any atom is -0.481 e. The molecule has 0 radical (unpaired) electrons. The number of aliphatic carboxylic acids is 1. The van der Waals surface area contributed by atoms with Crippen LogP contribution in [0.15, 0.2) is 18.3 Å². The molecule has 0 saturated heterocycles. The van der Waals surface area contributed by atoms with Gasteiger partial charge in [0.2, 0.25) is 5.91 Å². The van der Waals surface area contributed by atoms with E-state index >= 15 is 0 Å². The van der Waals surface area contributed by atoms with Crippen molar-refractivity contribution in [1.29, 1.82) is 0 Å². The zero-order chi connectivity index (χ0) is 13.5. The average Bonchev–Trinajstić information content (AvgIpc) is 2.30.